The zero-order valence-corrected chi connectivity index (χ0v) is 16.2. The highest BCUT2D eigenvalue weighted by atomic mass is 16.2. The summed E-state index contributed by atoms with van der Waals surface area (Å²) in [4.78, 5) is 25.1. The predicted octanol–water partition coefficient (Wildman–Crippen LogP) is 5.52. The zero-order valence-electron chi connectivity index (χ0n) is 16.2. The maximum atomic E-state index is 12.6. The van der Waals surface area contributed by atoms with E-state index in [1.807, 2.05) is 30.3 Å². The summed E-state index contributed by atoms with van der Waals surface area (Å²) in [6.45, 7) is 4.01. The first-order valence-electron chi connectivity index (χ1n) is 10.1. The summed E-state index contributed by atoms with van der Waals surface area (Å²) in [6, 6.07) is 9.30. The van der Waals surface area contributed by atoms with E-state index in [0.717, 1.165) is 18.5 Å². The predicted molar refractivity (Wildman–Crippen MR) is 107 cm³/mol. The summed E-state index contributed by atoms with van der Waals surface area (Å²) in [6.07, 6.45) is 11.4. The van der Waals surface area contributed by atoms with Crippen LogP contribution in [0.2, 0.25) is 0 Å². The molecule has 0 saturated carbocycles. The highest BCUT2D eigenvalue weighted by Gasteiger charge is 2.38. The molecule has 2 rings (SSSR count). The van der Waals surface area contributed by atoms with E-state index >= 15 is 0 Å². The molecule has 0 aliphatic carbocycles. The van der Waals surface area contributed by atoms with E-state index in [2.05, 4.69) is 12.0 Å². The molecule has 1 aromatic carbocycles. The van der Waals surface area contributed by atoms with Crippen molar-refractivity contribution in [3.63, 3.8) is 0 Å². The monoisotopic (exact) mass is 356 g/mol. The number of ketones is 1. The Morgan fingerprint density at radius 1 is 0.962 bits per heavy atom. The molecule has 1 heterocycles. The minimum absolute atomic E-state index is 0.0117. The molecule has 142 valence electrons. The van der Waals surface area contributed by atoms with E-state index in [4.69, 9.17) is 0 Å². The van der Waals surface area contributed by atoms with Crippen LogP contribution in [-0.4, -0.2) is 17.4 Å². The third-order valence-electron chi connectivity index (χ3n) is 4.98. The molecule has 1 amide bonds. The number of anilines is 1. The molecule has 4 nitrogen and oxygen atoms in total. The Kier molecular flexibility index (Phi) is 8.52. The number of para-hydroxylation sites is 1. The van der Waals surface area contributed by atoms with Crippen molar-refractivity contribution < 1.29 is 9.59 Å². The summed E-state index contributed by atoms with van der Waals surface area (Å²) in [7, 11) is 0. The van der Waals surface area contributed by atoms with Crippen molar-refractivity contribution in [3.8, 4) is 0 Å². The van der Waals surface area contributed by atoms with Crippen molar-refractivity contribution in [1.29, 1.82) is 0 Å². The van der Waals surface area contributed by atoms with E-state index in [1.165, 1.54) is 50.0 Å². The fourth-order valence-corrected chi connectivity index (χ4v) is 3.44. The average Bonchev–Trinajstić information content (AvgIpc) is 2.95. The molecule has 4 heteroatoms. The fraction of sp³-hybridized carbons (Fsp3) is 0.591. The maximum absolute atomic E-state index is 12.6. The van der Waals surface area contributed by atoms with Gasteiger partial charge in [-0.3, -0.25) is 9.59 Å². The smallest absolute Gasteiger partial charge is 0.263 e. The van der Waals surface area contributed by atoms with Crippen LogP contribution < -0.4 is 5.01 Å². The number of rotatable bonds is 12. The molecule has 1 atom stereocenters. The molecule has 1 aromatic rings. The van der Waals surface area contributed by atoms with Crippen molar-refractivity contribution in [2.45, 2.75) is 78.1 Å². The quantitative estimate of drug-likeness (QED) is 0.366. The van der Waals surface area contributed by atoms with Gasteiger partial charge >= 0.3 is 0 Å². The summed E-state index contributed by atoms with van der Waals surface area (Å²) < 4.78 is 0. The Morgan fingerprint density at radius 3 is 2.15 bits per heavy atom. The van der Waals surface area contributed by atoms with Gasteiger partial charge in [0, 0.05) is 6.42 Å². The van der Waals surface area contributed by atoms with E-state index < -0.39 is 5.92 Å². The lowest BCUT2D eigenvalue weighted by Gasteiger charge is -2.13. The lowest BCUT2D eigenvalue weighted by Crippen LogP contribution is -2.32. The largest absolute Gasteiger partial charge is 0.298 e. The highest BCUT2D eigenvalue weighted by Crippen LogP contribution is 2.25. The highest BCUT2D eigenvalue weighted by molar-refractivity contribution is 6.26. The molecule has 0 aromatic heterocycles. The molecule has 26 heavy (non-hydrogen) atoms. The van der Waals surface area contributed by atoms with Crippen LogP contribution >= 0.6 is 0 Å². The second-order valence-corrected chi connectivity index (χ2v) is 7.20. The third kappa shape index (κ3) is 5.79. The average molecular weight is 357 g/mol. The van der Waals surface area contributed by atoms with Crippen LogP contribution in [0.4, 0.5) is 5.69 Å². The summed E-state index contributed by atoms with van der Waals surface area (Å²) in [5.41, 5.74) is 1.33. The van der Waals surface area contributed by atoms with E-state index in [-0.39, 0.29) is 11.7 Å². The number of unbranched alkanes of at least 4 members (excludes halogenated alkanes) is 8. The van der Waals surface area contributed by atoms with E-state index in [0.29, 0.717) is 12.1 Å². The number of carbonyl (C=O) groups is 2. The number of nitrogens with zero attached hydrogens (tertiary/aromatic N) is 2. The van der Waals surface area contributed by atoms with Gasteiger partial charge in [-0.2, -0.15) is 10.1 Å². The van der Waals surface area contributed by atoms with Gasteiger partial charge in [-0.05, 0) is 25.5 Å². The molecule has 0 N–H and O–H groups in total. The summed E-state index contributed by atoms with van der Waals surface area (Å²) in [5.74, 6) is -0.892. The molecule has 0 bridgehead atoms. The van der Waals surface area contributed by atoms with Crippen LogP contribution in [0.15, 0.2) is 35.4 Å². The zero-order chi connectivity index (χ0) is 18.8. The first-order valence-corrected chi connectivity index (χ1v) is 10.1. The lowest BCUT2D eigenvalue weighted by molar-refractivity contribution is -0.129. The Labute approximate surface area is 157 Å². The molecule has 1 aliphatic rings. The molecule has 0 fully saturated rings. The van der Waals surface area contributed by atoms with Gasteiger partial charge in [-0.15, -0.1) is 0 Å². The minimum atomic E-state index is -0.691. The first-order chi connectivity index (χ1) is 12.6. The molecule has 0 unspecified atom stereocenters. The number of hydrazone groups is 1. The van der Waals surface area contributed by atoms with Gasteiger partial charge in [0.2, 0.25) is 0 Å². The molecule has 0 spiro atoms. The fourth-order valence-electron chi connectivity index (χ4n) is 3.44. The standard InChI is InChI=1S/C22H32N2O2/c1-3-4-5-6-7-8-9-10-14-17-20(25)21-18(2)23-24(22(21)26)19-15-12-11-13-16-19/h11-13,15-16,21H,3-10,14,17H2,1-2H3/t21-/m1/s1. The third-order valence-corrected chi connectivity index (χ3v) is 4.98. The van der Waals surface area contributed by atoms with E-state index in [1.54, 1.807) is 6.92 Å². The van der Waals surface area contributed by atoms with Crippen molar-refractivity contribution >= 4 is 23.1 Å². The number of Topliss-reactive ketones (excluding diaryl/α,β-unsaturated/α-hetero) is 1. The second-order valence-electron chi connectivity index (χ2n) is 7.20. The second kappa shape index (κ2) is 10.9. The van der Waals surface area contributed by atoms with Gasteiger partial charge in [0.25, 0.3) is 5.91 Å². The SMILES string of the molecule is CCCCCCCCCCCC(=O)[C@@H]1C(=O)N(c2ccccc2)N=C1C. The van der Waals surface area contributed by atoms with Gasteiger partial charge in [-0.1, -0.05) is 76.5 Å². The molecular weight excluding hydrogens is 324 g/mol. The number of hydrogen-bond acceptors (Lipinski definition) is 3. The Bertz CT molecular complexity index is 610. The normalized spacial score (nSPS) is 16.8. The van der Waals surface area contributed by atoms with Crippen LogP contribution in [0.5, 0.6) is 0 Å². The van der Waals surface area contributed by atoms with Gasteiger partial charge in [-0.25, -0.2) is 0 Å². The first kappa shape index (κ1) is 20.3. The Hall–Kier alpha value is -1.97. The maximum Gasteiger partial charge on any atom is 0.263 e. The van der Waals surface area contributed by atoms with Crippen LogP contribution in [0.3, 0.4) is 0 Å². The van der Waals surface area contributed by atoms with Crippen LogP contribution in [-0.2, 0) is 9.59 Å². The molecule has 1 aliphatic heterocycles. The van der Waals surface area contributed by atoms with Crippen molar-refractivity contribution in [1.82, 2.24) is 0 Å². The topological polar surface area (TPSA) is 49.7 Å². The summed E-state index contributed by atoms with van der Waals surface area (Å²) in [5, 5.41) is 5.68. The molecular formula is C22H32N2O2. The van der Waals surface area contributed by atoms with Crippen molar-refractivity contribution in [2.75, 3.05) is 5.01 Å². The number of carbonyl (C=O) groups excluding carboxylic acids is 2. The van der Waals surface area contributed by atoms with Gasteiger partial charge in [0.1, 0.15) is 5.92 Å². The van der Waals surface area contributed by atoms with Crippen molar-refractivity contribution in [3.05, 3.63) is 30.3 Å². The van der Waals surface area contributed by atoms with E-state index in [9.17, 15) is 9.59 Å². The number of hydrogen-bond donors (Lipinski definition) is 0. The molecule has 0 saturated heterocycles. The minimum Gasteiger partial charge on any atom is -0.298 e. The van der Waals surface area contributed by atoms with Gasteiger partial charge in [0.15, 0.2) is 5.78 Å². The summed E-state index contributed by atoms with van der Waals surface area (Å²) >= 11 is 0. The van der Waals surface area contributed by atoms with Crippen LogP contribution in [0.25, 0.3) is 0 Å². The van der Waals surface area contributed by atoms with Gasteiger partial charge < -0.3 is 0 Å². The van der Waals surface area contributed by atoms with Crippen LogP contribution in [0.1, 0.15) is 78.1 Å². The number of benzene rings is 1. The van der Waals surface area contributed by atoms with Crippen molar-refractivity contribution in [2.24, 2.45) is 11.0 Å². The number of amides is 1. The Morgan fingerprint density at radius 2 is 1.54 bits per heavy atom. The van der Waals surface area contributed by atoms with Crippen LogP contribution in [0, 0.1) is 5.92 Å². The van der Waals surface area contributed by atoms with Gasteiger partial charge in [0.05, 0.1) is 11.4 Å². The lowest BCUT2D eigenvalue weighted by atomic mass is 9.94. The Balaban J connectivity index is 1.70. The molecule has 0 radical (unpaired) electrons.